The van der Waals surface area contributed by atoms with E-state index in [-0.39, 0.29) is 17.9 Å². The molecule has 0 aromatic heterocycles. The number of hydrogen-bond donors (Lipinski definition) is 1. The molecule has 0 aliphatic heterocycles. The number of hydrogen-bond acceptors (Lipinski definition) is 3. The maximum atomic E-state index is 11.7. The van der Waals surface area contributed by atoms with E-state index in [4.69, 9.17) is 4.74 Å². The molecule has 100 valence electrons. The number of ether oxygens (including phenoxy) is 1. The third kappa shape index (κ3) is 3.98. The van der Waals surface area contributed by atoms with Crippen molar-refractivity contribution < 1.29 is 9.53 Å². The van der Waals surface area contributed by atoms with Gasteiger partial charge in [-0.2, -0.15) is 0 Å². The predicted molar refractivity (Wildman–Crippen MR) is 69.7 cm³/mol. The lowest BCUT2D eigenvalue weighted by Crippen LogP contribution is -2.50. The van der Waals surface area contributed by atoms with Gasteiger partial charge in [-0.1, -0.05) is 27.7 Å². The van der Waals surface area contributed by atoms with Gasteiger partial charge in [-0.15, -0.1) is 0 Å². The highest BCUT2D eigenvalue weighted by Crippen LogP contribution is 2.29. The fourth-order valence-electron chi connectivity index (χ4n) is 2.80. The third-order valence-corrected chi connectivity index (χ3v) is 3.95. The van der Waals surface area contributed by atoms with Crippen molar-refractivity contribution in [3.63, 3.8) is 0 Å². The molecule has 4 atom stereocenters. The molecule has 1 saturated carbocycles. The van der Waals surface area contributed by atoms with Crippen molar-refractivity contribution in [1.29, 1.82) is 0 Å². The summed E-state index contributed by atoms with van der Waals surface area (Å²) in [6.07, 6.45) is 3.68. The summed E-state index contributed by atoms with van der Waals surface area (Å²) >= 11 is 0. The van der Waals surface area contributed by atoms with Crippen LogP contribution in [0.4, 0.5) is 0 Å². The molecule has 1 fully saturated rings. The molecular formula is C14H27NO2. The average Bonchev–Trinajstić information content (AvgIpc) is 2.26. The van der Waals surface area contributed by atoms with Crippen molar-refractivity contribution in [2.24, 2.45) is 17.8 Å². The smallest absolute Gasteiger partial charge is 0.323 e. The molecule has 1 aliphatic carbocycles. The summed E-state index contributed by atoms with van der Waals surface area (Å²) in [5, 5.41) is 3.50. The first-order valence-electron chi connectivity index (χ1n) is 6.79. The zero-order chi connectivity index (χ0) is 13.0. The van der Waals surface area contributed by atoms with Crippen molar-refractivity contribution in [1.82, 2.24) is 5.32 Å². The van der Waals surface area contributed by atoms with Gasteiger partial charge in [0, 0.05) is 6.04 Å². The van der Waals surface area contributed by atoms with E-state index in [9.17, 15) is 4.79 Å². The molecule has 0 amide bonds. The fourth-order valence-corrected chi connectivity index (χ4v) is 2.80. The van der Waals surface area contributed by atoms with Crippen molar-refractivity contribution >= 4 is 5.97 Å². The first kappa shape index (κ1) is 14.5. The average molecular weight is 241 g/mol. The van der Waals surface area contributed by atoms with E-state index in [2.05, 4.69) is 33.0 Å². The van der Waals surface area contributed by atoms with Crippen LogP contribution >= 0.6 is 0 Å². The monoisotopic (exact) mass is 241 g/mol. The number of methoxy groups -OCH3 is 1. The lowest BCUT2D eigenvalue weighted by molar-refractivity contribution is -0.144. The molecule has 3 unspecified atom stereocenters. The zero-order valence-electron chi connectivity index (χ0n) is 11.8. The minimum atomic E-state index is -0.166. The van der Waals surface area contributed by atoms with E-state index < -0.39 is 0 Å². The molecule has 1 rings (SSSR count). The summed E-state index contributed by atoms with van der Waals surface area (Å²) in [5.74, 6) is 1.60. The largest absolute Gasteiger partial charge is 0.468 e. The summed E-state index contributed by atoms with van der Waals surface area (Å²) in [6.45, 7) is 8.71. The second-order valence-corrected chi connectivity index (χ2v) is 5.91. The van der Waals surface area contributed by atoms with E-state index in [0.29, 0.717) is 12.0 Å². The highest BCUT2D eigenvalue weighted by molar-refractivity contribution is 5.75. The summed E-state index contributed by atoms with van der Waals surface area (Å²) in [4.78, 5) is 11.7. The van der Waals surface area contributed by atoms with Crippen molar-refractivity contribution in [2.45, 2.75) is 59.0 Å². The van der Waals surface area contributed by atoms with Gasteiger partial charge in [-0.3, -0.25) is 4.79 Å². The number of rotatable bonds is 4. The van der Waals surface area contributed by atoms with Gasteiger partial charge < -0.3 is 10.1 Å². The molecule has 0 heterocycles. The third-order valence-electron chi connectivity index (χ3n) is 3.95. The molecule has 3 heteroatoms. The molecule has 0 saturated heterocycles. The van der Waals surface area contributed by atoms with Crippen LogP contribution < -0.4 is 5.32 Å². The van der Waals surface area contributed by atoms with Crippen LogP contribution in [0.3, 0.4) is 0 Å². The van der Waals surface area contributed by atoms with Gasteiger partial charge >= 0.3 is 5.97 Å². The second-order valence-electron chi connectivity index (χ2n) is 5.91. The van der Waals surface area contributed by atoms with Gasteiger partial charge in [0.05, 0.1) is 7.11 Å². The lowest BCUT2D eigenvalue weighted by Gasteiger charge is -2.36. The van der Waals surface area contributed by atoms with E-state index in [1.807, 2.05) is 0 Å². The molecule has 0 spiro atoms. The molecule has 0 aromatic rings. The summed E-state index contributed by atoms with van der Waals surface area (Å²) in [7, 11) is 1.46. The van der Waals surface area contributed by atoms with Crippen LogP contribution in [0.2, 0.25) is 0 Å². The fraction of sp³-hybridized carbons (Fsp3) is 0.929. The second kappa shape index (κ2) is 6.39. The molecule has 0 aromatic carbocycles. The maximum absolute atomic E-state index is 11.7. The zero-order valence-corrected chi connectivity index (χ0v) is 11.8. The molecule has 17 heavy (non-hydrogen) atoms. The van der Waals surface area contributed by atoms with Crippen LogP contribution in [-0.4, -0.2) is 25.2 Å². The van der Waals surface area contributed by atoms with Crippen LogP contribution in [0.5, 0.6) is 0 Å². The van der Waals surface area contributed by atoms with Crippen LogP contribution in [-0.2, 0) is 9.53 Å². The van der Waals surface area contributed by atoms with Crippen molar-refractivity contribution in [3.05, 3.63) is 0 Å². The minimum Gasteiger partial charge on any atom is -0.468 e. The van der Waals surface area contributed by atoms with Crippen molar-refractivity contribution in [2.75, 3.05) is 7.11 Å². The Morgan fingerprint density at radius 1 is 1.29 bits per heavy atom. The Balaban J connectivity index is 2.58. The standard InChI is InChI=1S/C14H27NO2/c1-9(2)13(14(16)17-5)15-12-7-6-10(3)8-11(12)4/h9-13,15H,6-8H2,1-5H3/t10?,11?,12?,13-/m0/s1. The van der Waals surface area contributed by atoms with Gasteiger partial charge in [0.2, 0.25) is 0 Å². The molecule has 0 radical (unpaired) electrons. The number of esters is 1. The Morgan fingerprint density at radius 3 is 2.41 bits per heavy atom. The summed E-state index contributed by atoms with van der Waals surface area (Å²) < 4.78 is 4.87. The Labute approximate surface area is 105 Å². The molecule has 1 N–H and O–H groups in total. The highest BCUT2D eigenvalue weighted by Gasteiger charge is 2.31. The normalized spacial score (nSPS) is 31.3. The van der Waals surface area contributed by atoms with Gasteiger partial charge in [0.1, 0.15) is 6.04 Å². The topological polar surface area (TPSA) is 38.3 Å². The SMILES string of the molecule is COC(=O)[C@@H](NC1CCC(C)CC1C)C(C)C. The number of nitrogens with one attached hydrogen (secondary N) is 1. The Kier molecular flexibility index (Phi) is 5.44. The van der Waals surface area contributed by atoms with Gasteiger partial charge in [0.15, 0.2) is 0 Å². The molecular weight excluding hydrogens is 214 g/mol. The van der Waals surface area contributed by atoms with Crippen LogP contribution in [0.15, 0.2) is 0 Å². The maximum Gasteiger partial charge on any atom is 0.323 e. The summed E-state index contributed by atoms with van der Waals surface area (Å²) in [5.41, 5.74) is 0. The van der Waals surface area contributed by atoms with E-state index in [1.165, 1.54) is 26.4 Å². The molecule has 3 nitrogen and oxygen atoms in total. The first-order valence-corrected chi connectivity index (χ1v) is 6.79. The van der Waals surface area contributed by atoms with Crippen LogP contribution in [0, 0.1) is 17.8 Å². The molecule has 1 aliphatic rings. The predicted octanol–water partition coefficient (Wildman–Crippen LogP) is 2.60. The van der Waals surface area contributed by atoms with E-state index in [1.54, 1.807) is 0 Å². The summed E-state index contributed by atoms with van der Waals surface area (Å²) in [6, 6.07) is 0.290. The van der Waals surface area contributed by atoms with Gasteiger partial charge in [-0.25, -0.2) is 0 Å². The highest BCUT2D eigenvalue weighted by atomic mass is 16.5. The number of carbonyl (C=O) groups is 1. The Hall–Kier alpha value is -0.570. The number of carbonyl (C=O) groups excluding carboxylic acids is 1. The first-order chi connectivity index (χ1) is 7.95. The van der Waals surface area contributed by atoms with Gasteiger partial charge in [-0.05, 0) is 37.0 Å². The minimum absolute atomic E-state index is 0.133. The van der Waals surface area contributed by atoms with E-state index >= 15 is 0 Å². The lowest BCUT2D eigenvalue weighted by atomic mass is 9.79. The Bertz CT molecular complexity index is 253. The Morgan fingerprint density at radius 2 is 1.94 bits per heavy atom. The molecule has 0 bridgehead atoms. The van der Waals surface area contributed by atoms with Crippen LogP contribution in [0.1, 0.15) is 47.0 Å². The quantitative estimate of drug-likeness (QED) is 0.769. The van der Waals surface area contributed by atoms with Gasteiger partial charge in [0.25, 0.3) is 0 Å². The van der Waals surface area contributed by atoms with E-state index in [0.717, 1.165) is 5.92 Å². The van der Waals surface area contributed by atoms with Crippen molar-refractivity contribution in [3.8, 4) is 0 Å². The van der Waals surface area contributed by atoms with Crippen LogP contribution in [0.25, 0.3) is 0 Å².